The summed E-state index contributed by atoms with van der Waals surface area (Å²) in [7, 11) is 0. The van der Waals surface area contributed by atoms with Crippen molar-refractivity contribution >= 4 is 44.4 Å². The number of pyridine rings is 1. The van der Waals surface area contributed by atoms with Crippen molar-refractivity contribution in [3.63, 3.8) is 0 Å². The zero-order valence-corrected chi connectivity index (χ0v) is 20.0. The number of carbonyl (C=O) groups excluding carboxylic acids is 1. The third kappa shape index (κ3) is 5.11. The number of thiazole rings is 1. The molecule has 0 saturated carbocycles. The molecule has 0 radical (unpaired) electrons. The van der Waals surface area contributed by atoms with Crippen LogP contribution in [0.15, 0.2) is 71.8 Å². The van der Waals surface area contributed by atoms with Crippen molar-refractivity contribution in [3.05, 3.63) is 78.1 Å². The Labute approximate surface area is 196 Å². The Morgan fingerprint density at radius 3 is 2.72 bits per heavy atom. The maximum absolute atomic E-state index is 13.7. The van der Waals surface area contributed by atoms with Gasteiger partial charge in [-0.3, -0.25) is 14.7 Å². The van der Waals surface area contributed by atoms with Crippen LogP contribution in [0, 0.1) is 0 Å². The van der Waals surface area contributed by atoms with Gasteiger partial charge in [-0.05, 0) is 49.4 Å². The molecule has 0 atom stereocenters. The lowest BCUT2D eigenvalue weighted by Crippen LogP contribution is -2.30. The second-order valence-corrected chi connectivity index (χ2v) is 10.1. The molecule has 7 heteroatoms. The van der Waals surface area contributed by atoms with Gasteiger partial charge in [-0.15, -0.1) is 11.8 Å². The molecular weight excluding hydrogens is 438 g/mol. The van der Waals surface area contributed by atoms with E-state index < -0.39 is 0 Å². The Morgan fingerprint density at radius 1 is 1.12 bits per heavy atom. The van der Waals surface area contributed by atoms with Gasteiger partial charge in [0.2, 0.25) is 0 Å². The number of thioether (sulfide) groups is 1. The lowest BCUT2D eigenvalue weighted by atomic mass is 10.2. The lowest BCUT2D eigenvalue weighted by molar-refractivity contribution is 0.0984. The van der Waals surface area contributed by atoms with E-state index in [4.69, 9.17) is 9.72 Å². The van der Waals surface area contributed by atoms with Gasteiger partial charge in [0.1, 0.15) is 11.3 Å². The molecule has 0 saturated heterocycles. The van der Waals surface area contributed by atoms with E-state index in [1.165, 1.54) is 11.3 Å². The molecule has 164 valence electrons. The maximum atomic E-state index is 13.7. The molecule has 0 aliphatic heterocycles. The van der Waals surface area contributed by atoms with Gasteiger partial charge in [0.05, 0.1) is 23.5 Å². The zero-order chi connectivity index (χ0) is 22.5. The number of hydrogen-bond donors (Lipinski definition) is 0. The van der Waals surface area contributed by atoms with Crippen molar-refractivity contribution in [2.75, 3.05) is 11.5 Å². The van der Waals surface area contributed by atoms with Crippen molar-refractivity contribution in [2.45, 2.75) is 37.5 Å². The van der Waals surface area contributed by atoms with Crippen molar-refractivity contribution < 1.29 is 9.53 Å². The van der Waals surface area contributed by atoms with Crippen LogP contribution in [0.1, 0.15) is 36.8 Å². The van der Waals surface area contributed by atoms with Crippen LogP contribution in [0.4, 0.5) is 5.13 Å². The highest BCUT2D eigenvalue weighted by molar-refractivity contribution is 7.99. The number of anilines is 1. The SMILES string of the molecule is CCOc1cccc2sc(N(Cc3ccccn3)C(=O)c3cccc(SC(C)C)c3)nc12. The number of aromatic nitrogens is 2. The van der Waals surface area contributed by atoms with Crippen LogP contribution in [0.5, 0.6) is 5.75 Å². The Kier molecular flexibility index (Phi) is 7.07. The first kappa shape index (κ1) is 22.3. The van der Waals surface area contributed by atoms with Crippen LogP contribution in [0.25, 0.3) is 10.2 Å². The van der Waals surface area contributed by atoms with Crippen LogP contribution >= 0.6 is 23.1 Å². The largest absolute Gasteiger partial charge is 0.492 e. The van der Waals surface area contributed by atoms with Crippen molar-refractivity contribution in [2.24, 2.45) is 0 Å². The van der Waals surface area contributed by atoms with Gasteiger partial charge in [-0.1, -0.05) is 43.4 Å². The minimum Gasteiger partial charge on any atom is -0.492 e. The Balaban J connectivity index is 1.75. The molecule has 4 aromatic rings. The van der Waals surface area contributed by atoms with Gasteiger partial charge in [-0.2, -0.15) is 0 Å². The van der Waals surface area contributed by atoms with Crippen LogP contribution in [-0.2, 0) is 6.54 Å². The van der Waals surface area contributed by atoms with Gasteiger partial charge in [0.15, 0.2) is 5.13 Å². The van der Waals surface area contributed by atoms with Gasteiger partial charge in [-0.25, -0.2) is 4.98 Å². The van der Waals surface area contributed by atoms with E-state index in [9.17, 15) is 4.79 Å². The van der Waals surface area contributed by atoms with Crippen molar-refractivity contribution in [1.29, 1.82) is 0 Å². The number of nitrogens with zero attached hydrogens (tertiary/aromatic N) is 3. The predicted octanol–water partition coefficient (Wildman–Crippen LogP) is 6.44. The molecule has 0 spiro atoms. The first-order chi connectivity index (χ1) is 15.5. The third-order valence-corrected chi connectivity index (χ3v) is 6.69. The fourth-order valence-electron chi connectivity index (χ4n) is 3.31. The summed E-state index contributed by atoms with van der Waals surface area (Å²) in [6.07, 6.45) is 1.74. The predicted molar refractivity (Wildman–Crippen MR) is 133 cm³/mol. The number of para-hydroxylation sites is 1. The number of carbonyl (C=O) groups is 1. The minimum atomic E-state index is -0.0983. The molecule has 4 rings (SSSR count). The molecule has 32 heavy (non-hydrogen) atoms. The Hall–Kier alpha value is -2.90. The fraction of sp³-hybridized carbons (Fsp3) is 0.240. The van der Waals surface area contributed by atoms with E-state index in [0.29, 0.717) is 29.1 Å². The normalized spacial score (nSPS) is 11.1. The Morgan fingerprint density at radius 2 is 1.97 bits per heavy atom. The topological polar surface area (TPSA) is 55.3 Å². The van der Waals surface area contributed by atoms with Gasteiger partial charge in [0, 0.05) is 21.9 Å². The summed E-state index contributed by atoms with van der Waals surface area (Å²) in [6, 6.07) is 19.4. The summed E-state index contributed by atoms with van der Waals surface area (Å²) in [6.45, 7) is 7.13. The molecule has 0 aliphatic carbocycles. The average molecular weight is 464 g/mol. The highest BCUT2D eigenvalue weighted by atomic mass is 32.2. The number of rotatable bonds is 8. The van der Waals surface area contributed by atoms with E-state index in [-0.39, 0.29) is 5.91 Å². The second-order valence-electron chi connectivity index (χ2n) is 7.44. The first-order valence-corrected chi connectivity index (χ1v) is 12.3. The van der Waals surface area contributed by atoms with E-state index in [2.05, 4.69) is 18.8 Å². The van der Waals surface area contributed by atoms with Crippen LogP contribution in [-0.4, -0.2) is 27.7 Å². The van der Waals surface area contributed by atoms with Crippen molar-refractivity contribution in [3.8, 4) is 5.75 Å². The maximum Gasteiger partial charge on any atom is 0.260 e. The molecule has 1 amide bonds. The molecule has 2 aromatic heterocycles. The number of benzene rings is 2. The molecule has 0 fully saturated rings. The van der Waals surface area contributed by atoms with Gasteiger partial charge in [0.25, 0.3) is 5.91 Å². The highest BCUT2D eigenvalue weighted by Crippen LogP contribution is 2.35. The second kappa shape index (κ2) is 10.1. The summed E-state index contributed by atoms with van der Waals surface area (Å²) in [5.74, 6) is 0.631. The Bertz CT molecular complexity index is 1210. The van der Waals surface area contributed by atoms with Crippen LogP contribution in [0.3, 0.4) is 0 Å². The fourth-order valence-corrected chi connectivity index (χ4v) is 5.19. The molecule has 2 heterocycles. The minimum absolute atomic E-state index is 0.0983. The van der Waals surface area contributed by atoms with Crippen LogP contribution < -0.4 is 9.64 Å². The summed E-state index contributed by atoms with van der Waals surface area (Å²) >= 11 is 3.22. The number of fused-ring (bicyclic) bond motifs is 1. The van der Waals surface area contributed by atoms with Gasteiger partial charge >= 0.3 is 0 Å². The number of ether oxygens (including phenoxy) is 1. The number of hydrogen-bond acceptors (Lipinski definition) is 6. The summed E-state index contributed by atoms with van der Waals surface area (Å²) in [5, 5.41) is 1.07. The van der Waals surface area contributed by atoms with Crippen LogP contribution in [0.2, 0.25) is 0 Å². The third-order valence-electron chi connectivity index (χ3n) is 4.65. The molecule has 0 bridgehead atoms. The molecule has 0 N–H and O–H groups in total. The van der Waals surface area contributed by atoms with E-state index in [1.807, 2.05) is 67.6 Å². The van der Waals surface area contributed by atoms with E-state index in [0.717, 1.165) is 26.6 Å². The molecule has 0 aliphatic rings. The summed E-state index contributed by atoms with van der Waals surface area (Å²) in [4.78, 5) is 25.7. The summed E-state index contributed by atoms with van der Waals surface area (Å²) in [5.41, 5.74) is 2.21. The first-order valence-electron chi connectivity index (χ1n) is 10.6. The van der Waals surface area contributed by atoms with E-state index in [1.54, 1.807) is 22.9 Å². The molecule has 5 nitrogen and oxygen atoms in total. The molecule has 2 aromatic carbocycles. The average Bonchev–Trinajstić information content (AvgIpc) is 3.23. The lowest BCUT2D eigenvalue weighted by Gasteiger charge is -2.20. The highest BCUT2D eigenvalue weighted by Gasteiger charge is 2.23. The summed E-state index contributed by atoms with van der Waals surface area (Å²) < 4.78 is 6.73. The zero-order valence-electron chi connectivity index (χ0n) is 18.3. The van der Waals surface area contributed by atoms with Gasteiger partial charge < -0.3 is 4.74 Å². The smallest absolute Gasteiger partial charge is 0.260 e. The standard InChI is InChI=1S/C25H25N3O2S2/c1-4-30-21-12-8-13-22-23(21)27-25(32-22)28(16-19-10-5-6-14-26-19)24(29)18-9-7-11-20(15-18)31-17(2)3/h5-15,17H,4,16H2,1-3H3. The van der Waals surface area contributed by atoms with Crippen molar-refractivity contribution in [1.82, 2.24) is 9.97 Å². The molecular formula is C25H25N3O2S2. The molecule has 0 unspecified atom stereocenters. The monoisotopic (exact) mass is 463 g/mol. The quantitative estimate of drug-likeness (QED) is 0.282. The number of amides is 1. The van der Waals surface area contributed by atoms with E-state index >= 15 is 0 Å².